The second-order valence-electron chi connectivity index (χ2n) is 8.35. The van der Waals surface area contributed by atoms with Crippen molar-refractivity contribution in [2.24, 2.45) is 0 Å². The number of carbonyl (C=O) groups excluding carboxylic acids is 1. The van der Waals surface area contributed by atoms with E-state index in [9.17, 15) is 4.79 Å². The first-order valence-corrected chi connectivity index (χ1v) is 12.2. The van der Waals surface area contributed by atoms with E-state index in [-0.39, 0.29) is 17.2 Å². The second kappa shape index (κ2) is 8.97. The van der Waals surface area contributed by atoms with Gasteiger partial charge in [0.2, 0.25) is 0 Å². The average molecular weight is 410 g/mol. The van der Waals surface area contributed by atoms with Crippen LogP contribution in [0.1, 0.15) is 34.1 Å². The molecule has 2 aromatic rings. The molecular formula is C24H31NO3Si. The van der Waals surface area contributed by atoms with Crippen LogP contribution in [0.4, 0.5) is 4.79 Å². The number of rotatable bonds is 6. The van der Waals surface area contributed by atoms with Crippen molar-refractivity contribution in [1.82, 2.24) is 4.90 Å². The van der Waals surface area contributed by atoms with Crippen LogP contribution in [0, 0.1) is 0 Å². The van der Waals surface area contributed by atoms with Gasteiger partial charge in [0.15, 0.2) is 0 Å². The van der Waals surface area contributed by atoms with E-state index in [1.54, 1.807) is 4.90 Å². The Morgan fingerprint density at radius 2 is 1.59 bits per heavy atom. The van der Waals surface area contributed by atoms with Crippen LogP contribution in [-0.2, 0) is 9.16 Å². The molecule has 0 N–H and O–H groups in total. The van der Waals surface area contributed by atoms with E-state index in [0.29, 0.717) is 13.2 Å². The molecule has 1 amide bonds. The lowest BCUT2D eigenvalue weighted by atomic mass is 10.2. The Balaban J connectivity index is 1.97. The minimum atomic E-state index is -2.61. The first kappa shape index (κ1) is 21.3. The molecule has 0 aromatic heterocycles. The molecule has 3 rings (SSSR count). The van der Waals surface area contributed by atoms with Crippen molar-refractivity contribution in [2.75, 3.05) is 13.2 Å². The zero-order chi connectivity index (χ0) is 20.9. The molecule has 0 aliphatic carbocycles. The zero-order valence-electron chi connectivity index (χ0n) is 17.8. The minimum Gasteiger partial charge on any atom is -0.449 e. The van der Waals surface area contributed by atoms with E-state index in [1.165, 1.54) is 10.4 Å². The molecule has 1 aliphatic rings. The van der Waals surface area contributed by atoms with Gasteiger partial charge in [0.1, 0.15) is 0 Å². The predicted molar refractivity (Wildman–Crippen MR) is 120 cm³/mol. The molecule has 5 heteroatoms. The van der Waals surface area contributed by atoms with Crippen molar-refractivity contribution in [3.8, 4) is 0 Å². The molecule has 0 saturated carbocycles. The fourth-order valence-corrected chi connectivity index (χ4v) is 8.70. The summed E-state index contributed by atoms with van der Waals surface area (Å²) in [6.45, 7) is 9.44. The molecule has 1 atom stereocenters. The molecule has 29 heavy (non-hydrogen) atoms. The number of nitrogens with zero attached hydrogens (tertiary/aromatic N) is 1. The molecule has 0 saturated heterocycles. The number of hydrogen-bond donors (Lipinski definition) is 0. The number of ether oxygens (including phenoxy) is 1. The monoisotopic (exact) mass is 409 g/mol. The van der Waals surface area contributed by atoms with Crippen molar-refractivity contribution in [2.45, 2.75) is 45.2 Å². The van der Waals surface area contributed by atoms with Crippen LogP contribution in [0.2, 0.25) is 5.04 Å². The average Bonchev–Trinajstić information content (AvgIpc) is 3.18. The predicted octanol–water partition coefficient (Wildman–Crippen LogP) is 4.31. The molecule has 0 fully saturated rings. The quantitative estimate of drug-likeness (QED) is 0.668. The Hall–Kier alpha value is -2.37. The maximum absolute atomic E-state index is 12.3. The normalized spacial score (nSPS) is 16.8. The summed E-state index contributed by atoms with van der Waals surface area (Å²) in [7, 11) is -2.61. The standard InChI is InChI=1S/C24H31NO3Si/c1-5-27-23(26)25-18-12-13-20(25)19-28-29(24(2,3)4,21-14-8-6-9-15-21)22-16-10-7-11-17-22/h6-12,14-18,20H,5,13,19H2,1-4H3. The third-order valence-electron chi connectivity index (χ3n) is 5.46. The summed E-state index contributed by atoms with van der Waals surface area (Å²) in [5.74, 6) is 0. The number of benzene rings is 2. The van der Waals surface area contributed by atoms with Gasteiger partial charge in [0, 0.05) is 6.20 Å². The van der Waals surface area contributed by atoms with Crippen molar-refractivity contribution in [3.63, 3.8) is 0 Å². The molecule has 4 nitrogen and oxygen atoms in total. The van der Waals surface area contributed by atoms with E-state index < -0.39 is 8.32 Å². The minimum absolute atomic E-state index is 0.0456. The smallest absolute Gasteiger partial charge is 0.414 e. The number of amides is 1. The van der Waals surface area contributed by atoms with Crippen LogP contribution < -0.4 is 10.4 Å². The SMILES string of the molecule is CCOC(=O)N1C=CCC1CO[Si](c1ccccc1)(c1ccccc1)C(C)(C)C. The van der Waals surface area contributed by atoms with E-state index >= 15 is 0 Å². The third kappa shape index (κ3) is 4.31. The van der Waals surface area contributed by atoms with Crippen LogP contribution in [0.15, 0.2) is 72.9 Å². The van der Waals surface area contributed by atoms with Crippen LogP contribution in [0.3, 0.4) is 0 Å². The van der Waals surface area contributed by atoms with Gasteiger partial charge >= 0.3 is 6.09 Å². The van der Waals surface area contributed by atoms with Gasteiger partial charge < -0.3 is 9.16 Å². The number of carbonyl (C=O) groups is 1. The highest BCUT2D eigenvalue weighted by atomic mass is 28.4. The highest BCUT2D eigenvalue weighted by Gasteiger charge is 2.50. The summed E-state index contributed by atoms with van der Waals surface area (Å²) >= 11 is 0. The lowest BCUT2D eigenvalue weighted by Crippen LogP contribution is -2.67. The molecule has 1 heterocycles. The Labute approximate surface area is 175 Å². The lowest BCUT2D eigenvalue weighted by molar-refractivity contribution is 0.101. The fraction of sp³-hybridized carbons (Fsp3) is 0.375. The summed E-state index contributed by atoms with van der Waals surface area (Å²) in [5.41, 5.74) is 0. The Morgan fingerprint density at radius 3 is 2.07 bits per heavy atom. The van der Waals surface area contributed by atoms with Gasteiger partial charge in [-0.05, 0) is 28.8 Å². The van der Waals surface area contributed by atoms with Crippen molar-refractivity contribution >= 4 is 24.8 Å². The summed E-state index contributed by atoms with van der Waals surface area (Å²) in [5, 5.41) is 2.40. The first-order chi connectivity index (χ1) is 13.9. The maximum atomic E-state index is 12.3. The molecule has 0 bridgehead atoms. The van der Waals surface area contributed by atoms with Gasteiger partial charge in [-0.2, -0.15) is 0 Å². The van der Waals surface area contributed by atoms with Crippen LogP contribution in [-0.4, -0.2) is 38.6 Å². The number of hydrogen-bond acceptors (Lipinski definition) is 3. The van der Waals surface area contributed by atoms with Crippen LogP contribution in [0.25, 0.3) is 0 Å². The van der Waals surface area contributed by atoms with Crippen molar-refractivity contribution in [1.29, 1.82) is 0 Å². The van der Waals surface area contributed by atoms with Crippen molar-refractivity contribution in [3.05, 3.63) is 72.9 Å². The largest absolute Gasteiger partial charge is 0.449 e. The second-order valence-corrected chi connectivity index (χ2v) is 12.7. The van der Waals surface area contributed by atoms with Crippen LogP contribution >= 0.6 is 0 Å². The summed E-state index contributed by atoms with van der Waals surface area (Å²) in [6.07, 6.45) is 4.29. The Morgan fingerprint density at radius 1 is 1.03 bits per heavy atom. The first-order valence-electron chi connectivity index (χ1n) is 10.3. The summed E-state index contributed by atoms with van der Waals surface area (Å²) in [4.78, 5) is 14.0. The van der Waals surface area contributed by atoms with E-state index in [0.717, 1.165) is 6.42 Å². The van der Waals surface area contributed by atoms with Crippen molar-refractivity contribution < 1.29 is 14.0 Å². The highest BCUT2D eigenvalue weighted by Crippen LogP contribution is 2.37. The molecule has 1 aliphatic heterocycles. The Kier molecular flexibility index (Phi) is 6.60. The van der Waals surface area contributed by atoms with E-state index in [2.05, 4.69) is 69.3 Å². The fourth-order valence-electron chi connectivity index (χ4n) is 4.11. The summed E-state index contributed by atoms with van der Waals surface area (Å²) < 4.78 is 12.2. The van der Waals surface area contributed by atoms with Gasteiger partial charge in [-0.25, -0.2) is 4.79 Å². The molecular weight excluding hydrogens is 378 g/mol. The van der Waals surface area contributed by atoms with Gasteiger partial charge in [-0.15, -0.1) is 0 Å². The van der Waals surface area contributed by atoms with E-state index in [4.69, 9.17) is 9.16 Å². The zero-order valence-corrected chi connectivity index (χ0v) is 18.8. The molecule has 2 aromatic carbocycles. The van der Waals surface area contributed by atoms with Gasteiger partial charge in [-0.1, -0.05) is 87.5 Å². The van der Waals surface area contributed by atoms with E-state index in [1.807, 2.05) is 31.3 Å². The van der Waals surface area contributed by atoms with Gasteiger partial charge in [-0.3, -0.25) is 4.90 Å². The maximum Gasteiger partial charge on any atom is 0.414 e. The van der Waals surface area contributed by atoms with Gasteiger partial charge in [0.05, 0.1) is 19.3 Å². The molecule has 0 radical (unpaired) electrons. The lowest BCUT2D eigenvalue weighted by Gasteiger charge is -2.44. The van der Waals surface area contributed by atoms with Gasteiger partial charge in [0.25, 0.3) is 8.32 Å². The highest BCUT2D eigenvalue weighted by molar-refractivity contribution is 6.99. The third-order valence-corrected chi connectivity index (χ3v) is 10.5. The summed E-state index contributed by atoms with van der Waals surface area (Å²) in [6, 6.07) is 21.1. The van der Waals surface area contributed by atoms with Crippen LogP contribution in [0.5, 0.6) is 0 Å². The molecule has 154 valence electrons. The Bertz CT molecular complexity index is 791. The molecule has 0 spiro atoms. The topological polar surface area (TPSA) is 38.8 Å². The molecule has 1 unspecified atom stereocenters.